The highest BCUT2D eigenvalue weighted by Crippen LogP contribution is 2.66. The van der Waals surface area contributed by atoms with Gasteiger partial charge in [-0.1, -0.05) is 40.4 Å². The average Bonchev–Trinajstić information content (AvgIpc) is 2.89. The molecule has 0 radical (unpaired) electrons. The summed E-state index contributed by atoms with van der Waals surface area (Å²) in [5.74, 6) is 5.39. The first-order valence-corrected chi connectivity index (χ1v) is 12.6. The van der Waals surface area contributed by atoms with Gasteiger partial charge in [0.1, 0.15) is 0 Å². The lowest BCUT2D eigenvalue weighted by molar-refractivity contribution is -0.0413. The van der Waals surface area contributed by atoms with Gasteiger partial charge in [-0.3, -0.25) is 0 Å². The first-order chi connectivity index (χ1) is 11.1. The Morgan fingerprint density at radius 1 is 1.13 bits per heavy atom. The van der Waals surface area contributed by atoms with Crippen molar-refractivity contribution >= 4 is 19.8 Å². The van der Waals surface area contributed by atoms with Crippen LogP contribution in [-0.4, -0.2) is 5.75 Å². The molecule has 4 aliphatic rings. The molecule has 0 bridgehead atoms. The smallest absolute Gasteiger partial charge is 0.00281 e. The summed E-state index contributed by atoms with van der Waals surface area (Å²) >= 11 is 1.97. The Morgan fingerprint density at radius 3 is 2.83 bits per heavy atom. The lowest BCUT2D eigenvalue weighted by Gasteiger charge is -2.57. The van der Waals surface area contributed by atoms with E-state index in [-0.39, 0.29) is 0 Å². The zero-order chi connectivity index (χ0) is 16.1. The second kappa shape index (κ2) is 6.35. The predicted molar refractivity (Wildman–Crippen MR) is 107 cm³/mol. The third kappa shape index (κ3) is 2.59. The van der Waals surface area contributed by atoms with Crippen molar-refractivity contribution in [2.24, 2.45) is 34.5 Å². The summed E-state index contributed by atoms with van der Waals surface area (Å²) in [4.78, 5) is 0. The SMILES string of the molecule is CC12CCCCC1=CCC1C2CCC2(C)C(CCSP)CCC12. The number of rotatable bonds is 3. The van der Waals surface area contributed by atoms with Crippen molar-refractivity contribution in [1.29, 1.82) is 0 Å². The fourth-order valence-corrected chi connectivity index (χ4v) is 8.32. The van der Waals surface area contributed by atoms with Crippen LogP contribution in [0, 0.1) is 34.5 Å². The molecule has 0 amide bonds. The van der Waals surface area contributed by atoms with E-state index in [0.29, 0.717) is 10.8 Å². The van der Waals surface area contributed by atoms with Crippen molar-refractivity contribution in [3.05, 3.63) is 11.6 Å². The Morgan fingerprint density at radius 2 is 2.00 bits per heavy atom. The van der Waals surface area contributed by atoms with Crippen molar-refractivity contribution in [3.63, 3.8) is 0 Å². The molecule has 0 N–H and O–H groups in total. The van der Waals surface area contributed by atoms with Crippen molar-refractivity contribution in [2.75, 3.05) is 5.75 Å². The molecular weight excluding hydrogens is 315 g/mol. The summed E-state index contributed by atoms with van der Waals surface area (Å²) in [6.07, 6.45) is 17.5. The molecule has 0 saturated heterocycles. The van der Waals surface area contributed by atoms with Gasteiger partial charge in [0.05, 0.1) is 0 Å². The van der Waals surface area contributed by atoms with E-state index in [1.165, 1.54) is 70.0 Å². The maximum atomic E-state index is 2.85. The van der Waals surface area contributed by atoms with Gasteiger partial charge in [0.2, 0.25) is 0 Å². The first kappa shape index (κ1) is 17.0. The largest absolute Gasteiger partial charge is 0.141 e. The molecule has 0 aromatic heterocycles. The highest BCUT2D eigenvalue weighted by molar-refractivity contribution is 8.43. The monoisotopic (exact) mass is 350 g/mol. The highest BCUT2D eigenvalue weighted by Gasteiger charge is 2.57. The average molecular weight is 351 g/mol. The van der Waals surface area contributed by atoms with Gasteiger partial charge < -0.3 is 0 Å². The third-order valence-electron chi connectivity index (χ3n) is 8.80. The fourth-order valence-electron chi connectivity index (χ4n) is 7.49. The molecule has 7 unspecified atom stereocenters. The van der Waals surface area contributed by atoms with Crippen LogP contribution in [0.4, 0.5) is 0 Å². The number of allylic oxidation sites excluding steroid dienone is 2. The minimum absolute atomic E-state index is 0.580. The van der Waals surface area contributed by atoms with Gasteiger partial charge in [0, 0.05) is 0 Å². The van der Waals surface area contributed by atoms with E-state index >= 15 is 0 Å². The summed E-state index contributed by atoms with van der Waals surface area (Å²) in [6, 6.07) is 0. The molecule has 0 aromatic rings. The Bertz CT molecular complexity index is 486. The molecule has 0 nitrogen and oxygen atoms in total. The van der Waals surface area contributed by atoms with Gasteiger partial charge in [-0.25, -0.2) is 0 Å². The molecule has 7 atom stereocenters. The van der Waals surface area contributed by atoms with Crippen LogP contribution in [0.15, 0.2) is 11.6 Å². The van der Waals surface area contributed by atoms with Crippen LogP contribution in [0.5, 0.6) is 0 Å². The Labute approximate surface area is 150 Å². The summed E-state index contributed by atoms with van der Waals surface area (Å²) < 4.78 is 0. The minimum Gasteiger partial charge on any atom is -0.141 e. The first-order valence-electron chi connectivity index (χ1n) is 10.1. The van der Waals surface area contributed by atoms with Gasteiger partial charge >= 0.3 is 0 Å². The molecule has 0 spiro atoms. The van der Waals surface area contributed by atoms with Crippen LogP contribution in [0.1, 0.15) is 78.1 Å². The van der Waals surface area contributed by atoms with Crippen LogP contribution in [0.3, 0.4) is 0 Å². The highest BCUT2D eigenvalue weighted by atomic mass is 32.7. The molecule has 23 heavy (non-hydrogen) atoms. The van der Waals surface area contributed by atoms with Crippen molar-refractivity contribution in [1.82, 2.24) is 0 Å². The van der Waals surface area contributed by atoms with Crippen LogP contribution in [0.25, 0.3) is 0 Å². The van der Waals surface area contributed by atoms with Gasteiger partial charge in [-0.05, 0) is 98.0 Å². The lowest BCUT2D eigenvalue weighted by Crippen LogP contribution is -2.49. The van der Waals surface area contributed by atoms with Gasteiger partial charge in [0.15, 0.2) is 0 Å². The summed E-state index contributed by atoms with van der Waals surface area (Å²) in [6.45, 7) is 5.33. The molecule has 0 aliphatic heterocycles. The zero-order valence-corrected chi connectivity index (χ0v) is 17.1. The van der Waals surface area contributed by atoms with Crippen LogP contribution < -0.4 is 0 Å². The minimum atomic E-state index is 0.580. The molecule has 4 rings (SSSR count). The fraction of sp³-hybridized carbons (Fsp3) is 0.905. The molecule has 130 valence electrons. The number of fused-ring (bicyclic) bond motifs is 5. The van der Waals surface area contributed by atoms with Crippen LogP contribution in [-0.2, 0) is 0 Å². The van der Waals surface area contributed by atoms with Crippen molar-refractivity contribution in [3.8, 4) is 0 Å². The zero-order valence-electron chi connectivity index (χ0n) is 15.2. The molecule has 3 fully saturated rings. The third-order valence-corrected chi connectivity index (χ3v) is 9.98. The quantitative estimate of drug-likeness (QED) is 0.395. The lowest BCUT2D eigenvalue weighted by atomic mass is 9.47. The van der Waals surface area contributed by atoms with E-state index < -0.39 is 0 Å². The van der Waals surface area contributed by atoms with Crippen molar-refractivity contribution in [2.45, 2.75) is 78.1 Å². The Hall–Kier alpha value is 0.520. The van der Waals surface area contributed by atoms with Crippen LogP contribution in [0.2, 0.25) is 0 Å². The predicted octanol–water partition coefficient (Wildman–Crippen LogP) is 6.87. The second-order valence-corrected chi connectivity index (χ2v) is 11.2. The maximum Gasteiger partial charge on any atom is -0.00281 e. The summed E-state index contributed by atoms with van der Waals surface area (Å²) in [5.41, 5.74) is 3.11. The van der Waals surface area contributed by atoms with Gasteiger partial charge in [-0.15, -0.1) is 11.4 Å². The summed E-state index contributed by atoms with van der Waals surface area (Å²) in [7, 11) is 2.85. The molecule has 0 heterocycles. The molecule has 4 aliphatic carbocycles. The van der Waals surface area contributed by atoms with Crippen molar-refractivity contribution < 1.29 is 0 Å². The van der Waals surface area contributed by atoms with E-state index in [0.717, 1.165) is 23.7 Å². The molecule has 3 saturated carbocycles. The second-order valence-electron chi connectivity index (χ2n) is 9.44. The normalized spacial score (nSPS) is 49.1. The van der Waals surface area contributed by atoms with Gasteiger partial charge in [-0.2, -0.15) is 0 Å². The standard InChI is InChI=1S/C21H35PS/c1-20-12-4-3-5-15(20)6-8-17-18-9-7-16(11-14-23-22)21(18,2)13-10-19(17)20/h6,16-19H,3-5,7-14,22H2,1-2H3. The van der Waals surface area contributed by atoms with E-state index in [9.17, 15) is 0 Å². The topological polar surface area (TPSA) is 0 Å². The van der Waals surface area contributed by atoms with E-state index in [1.54, 1.807) is 0 Å². The van der Waals surface area contributed by atoms with Crippen LogP contribution >= 0.6 is 19.8 Å². The molecular formula is C21H35PS. The van der Waals surface area contributed by atoms with E-state index in [2.05, 4.69) is 28.4 Å². The Kier molecular flexibility index (Phi) is 4.68. The summed E-state index contributed by atoms with van der Waals surface area (Å²) in [5, 5.41) is 0. The maximum absolute atomic E-state index is 2.85. The van der Waals surface area contributed by atoms with E-state index in [1.807, 2.05) is 17.0 Å². The number of hydrogen-bond acceptors (Lipinski definition) is 1. The van der Waals surface area contributed by atoms with Gasteiger partial charge in [0.25, 0.3) is 0 Å². The number of hydrogen-bond donors (Lipinski definition) is 0. The Balaban J connectivity index is 1.59. The van der Waals surface area contributed by atoms with E-state index in [4.69, 9.17) is 0 Å². The molecule has 0 aromatic carbocycles. The molecule has 2 heteroatoms.